The van der Waals surface area contributed by atoms with Gasteiger partial charge in [-0.3, -0.25) is 0 Å². The Morgan fingerprint density at radius 1 is 0.955 bits per heavy atom. The Hall–Kier alpha value is -2.22. The van der Waals surface area contributed by atoms with Gasteiger partial charge in [0.15, 0.2) is 0 Å². The Balaban J connectivity index is 1.97. The van der Waals surface area contributed by atoms with Gasteiger partial charge in [0.2, 0.25) is 5.72 Å². The second-order valence-electron chi connectivity index (χ2n) is 6.81. The van der Waals surface area contributed by atoms with Crippen LogP contribution < -0.4 is 9.64 Å². The molecule has 22 heavy (non-hydrogen) atoms. The molecule has 2 heterocycles. The molecule has 2 aliphatic heterocycles. The topological polar surface area (TPSA) is 12.5 Å². The standard InChI is InChI=1S/C20H21NO/c1-14-13-15-9-5-8-12-18(15)22-20(14)19(2,3)16-10-6-7-11-17(16)21(20)4/h5-13H,1-4H3. The van der Waals surface area contributed by atoms with Crippen LogP contribution in [0.3, 0.4) is 0 Å². The first-order chi connectivity index (χ1) is 10.5. The van der Waals surface area contributed by atoms with Gasteiger partial charge in [0.05, 0.1) is 5.41 Å². The molecule has 2 nitrogen and oxygen atoms in total. The first kappa shape index (κ1) is 13.4. The third-order valence-electron chi connectivity index (χ3n) is 5.34. The van der Waals surface area contributed by atoms with E-state index >= 15 is 0 Å². The van der Waals surface area contributed by atoms with Crippen molar-refractivity contribution >= 4 is 11.8 Å². The summed E-state index contributed by atoms with van der Waals surface area (Å²) in [6.45, 7) is 6.74. The summed E-state index contributed by atoms with van der Waals surface area (Å²) in [5.74, 6) is 0.959. The number of fused-ring (bicyclic) bond motifs is 2. The Kier molecular flexibility index (Phi) is 2.54. The van der Waals surface area contributed by atoms with Gasteiger partial charge in [-0.2, -0.15) is 0 Å². The average molecular weight is 291 g/mol. The van der Waals surface area contributed by atoms with Crippen LogP contribution in [0.15, 0.2) is 54.1 Å². The van der Waals surface area contributed by atoms with Crippen molar-refractivity contribution in [3.63, 3.8) is 0 Å². The fourth-order valence-corrected chi connectivity index (χ4v) is 4.28. The molecule has 0 amide bonds. The van der Waals surface area contributed by atoms with Crippen molar-refractivity contribution < 1.29 is 4.74 Å². The van der Waals surface area contributed by atoms with Crippen molar-refractivity contribution in [2.24, 2.45) is 0 Å². The lowest BCUT2D eigenvalue weighted by atomic mass is 9.73. The smallest absolute Gasteiger partial charge is 0.214 e. The number of para-hydroxylation sites is 2. The molecule has 1 spiro atoms. The Bertz CT molecular complexity index is 790. The van der Waals surface area contributed by atoms with E-state index in [1.54, 1.807) is 0 Å². The second kappa shape index (κ2) is 4.16. The number of nitrogens with zero attached hydrogens (tertiary/aromatic N) is 1. The zero-order valence-corrected chi connectivity index (χ0v) is 13.6. The molecule has 0 aliphatic carbocycles. The van der Waals surface area contributed by atoms with Crippen LogP contribution in [0.2, 0.25) is 0 Å². The molecule has 0 radical (unpaired) electrons. The lowest BCUT2D eigenvalue weighted by Crippen LogP contribution is -2.60. The van der Waals surface area contributed by atoms with E-state index in [-0.39, 0.29) is 5.41 Å². The van der Waals surface area contributed by atoms with Gasteiger partial charge in [-0.25, -0.2) is 0 Å². The Morgan fingerprint density at radius 2 is 1.64 bits per heavy atom. The maximum Gasteiger partial charge on any atom is 0.214 e. The molecule has 2 aliphatic rings. The lowest BCUT2D eigenvalue weighted by molar-refractivity contribution is 0.0464. The molecule has 0 aromatic heterocycles. The molecule has 0 saturated carbocycles. The Morgan fingerprint density at radius 3 is 2.41 bits per heavy atom. The lowest BCUT2D eigenvalue weighted by Gasteiger charge is -2.48. The number of anilines is 1. The van der Waals surface area contributed by atoms with Crippen LogP contribution in [0.5, 0.6) is 5.75 Å². The van der Waals surface area contributed by atoms with E-state index in [9.17, 15) is 0 Å². The minimum atomic E-state index is -0.467. The van der Waals surface area contributed by atoms with Crippen molar-refractivity contribution in [3.8, 4) is 5.75 Å². The number of likely N-dealkylation sites (N-methyl/N-ethyl adjacent to an activating group) is 1. The number of hydrogen-bond donors (Lipinski definition) is 0. The second-order valence-corrected chi connectivity index (χ2v) is 6.81. The highest BCUT2D eigenvalue weighted by Crippen LogP contribution is 2.56. The third-order valence-corrected chi connectivity index (χ3v) is 5.34. The molecular weight excluding hydrogens is 270 g/mol. The molecule has 2 aromatic rings. The normalized spacial score (nSPS) is 24.5. The van der Waals surface area contributed by atoms with Gasteiger partial charge in [-0.15, -0.1) is 0 Å². The largest absolute Gasteiger partial charge is 0.462 e. The van der Waals surface area contributed by atoms with Crippen molar-refractivity contribution in [1.29, 1.82) is 0 Å². The van der Waals surface area contributed by atoms with Gasteiger partial charge in [0, 0.05) is 18.3 Å². The zero-order chi connectivity index (χ0) is 15.5. The first-order valence-electron chi connectivity index (χ1n) is 7.78. The first-order valence-corrected chi connectivity index (χ1v) is 7.78. The van der Waals surface area contributed by atoms with Gasteiger partial charge >= 0.3 is 0 Å². The predicted molar refractivity (Wildman–Crippen MR) is 91.3 cm³/mol. The molecule has 1 atom stereocenters. The van der Waals surface area contributed by atoms with Crippen molar-refractivity contribution in [2.45, 2.75) is 31.9 Å². The molecule has 1 unspecified atom stereocenters. The fraction of sp³-hybridized carbons (Fsp3) is 0.300. The summed E-state index contributed by atoms with van der Waals surface area (Å²) in [5, 5.41) is 0. The minimum absolute atomic E-state index is 0.132. The van der Waals surface area contributed by atoms with Crippen LogP contribution in [-0.4, -0.2) is 12.8 Å². The average Bonchev–Trinajstić information content (AvgIpc) is 2.68. The highest BCUT2D eigenvalue weighted by Gasteiger charge is 2.60. The quantitative estimate of drug-likeness (QED) is 0.703. The summed E-state index contributed by atoms with van der Waals surface area (Å²) < 4.78 is 6.66. The van der Waals surface area contributed by atoms with E-state index in [4.69, 9.17) is 4.74 Å². The molecule has 2 heteroatoms. The number of rotatable bonds is 0. The number of hydrogen-bond acceptors (Lipinski definition) is 2. The maximum absolute atomic E-state index is 6.66. The van der Waals surface area contributed by atoms with Crippen LogP contribution in [0.1, 0.15) is 31.9 Å². The molecule has 0 bridgehead atoms. The van der Waals surface area contributed by atoms with Gasteiger partial charge in [-0.05, 0) is 50.1 Å². The van der Waals surface area contributed by atoms with Crippen molar-refractivity contribution in [2.75, 3.05) is 11.9 Å². The van der Waals surface area contributed by atoms with Gasteiger partial charge in [-0.1, -0.05) is 36.4 Å². The van der Waals surface area contributed by atoms with Crippen LogP contribution in [0.4, 0.5) is 5.69 Å². The van der Waals surface area contributed by atoms with Crippen LogP contribution in [0, 0.1) is 0 Å². The summed E-state index contributed by atoms with van der Waals surface area (Å²) in [4.78, 5) is 2.30. The van der Waals surface area contributed by atoms with E-state index in [0.29, 0.717) is 0 Å². The highest BCUT2D eigenvalue weighted by atomic mass is 16.5. The summed E-state index contributed by atoms with van der Waals surface area (Å²) in [6.07, 6.45) is 2.27. The predicted octanol–water partition coefficient (Wildman–Crippen LogP) is 4.61. The highest BCUT2D eigenvalue weighted by molar-refractivity contribution is 5.74. The van der Waals surface area contributed by atoms with Gasteiger partial charge < -0.3 is 9.64 Å². The SMILES string of the molecule is CC1=Cc2ccccc2OC12N(C)c1ccccc1C2(C)C. The maximum atomic E-state index is 6.66. The minimum Gasteiger partial charge on any atom is -0.462 e. The van der Waals surface area contributed by atoms with Crippen LogP contribution in [0.25, 0.3) is 6.08 Å². The summed E-state index contributed by atoms with van der Waals surface area (Å²) in [7, 11) is 2.14. The van der Waals surface area contributed by atoms with E-state index in [1.807, 2.05) is 6.07 Å². The van der Waals surface area contributed by atoms with E-state index in [0.717, 1.165) is 11.3 Å². The summed E-state index contributed by atoms with van der Waals surface area (Å²) >= 11 is 0. The Labute approximate surface area is 132 Å². The summed E-state index contributed by atoms with van der Waals surface area (Å²) in [6, 6.07) is 16.9. The third kappa shape index (κ3) is 1.40. The van der Waals surface area contributed by atoms with E-state index in [2.05, 4.69) is 81.3 Å². The van der Waals surface area contributed by atoms with Crippen molar-refractivity contribution in [3.05, 3.63) is 65.2 Å². The van der Waals surface area contributed by atoms with Gasteiger partial charge in [0.1, 0.15) is 5.75 Å². The van der Waals surface area contributed by atoms with E-state index < -0.39 is 5.72 Å². The van der Waals surface area contributed by atoms with Crippen molar-refractivity contribution in [1.82, 2.24) is 0 Å². The number of ether oxygens (including phenoxy) is 1. The van der Waals surface area contributed by atoms with Crippen LogP contribution >= 0.6 is 0 Å². The number of benzene rings is 2. The summed E-state index contributed by atoms with van der Waals surface area (Å²) in [5.41, 5.74) is 4.39. The molecule has 0 fully saturated rings. The monoisotopic (exact) mass is 291 g/mol. The fourth-order valence-electron chi connectivity index (χ4n) is 4.28. The molecule has 0 N–H and O–H groups in total. The zero-order valence-electron chi connectivity index (χ0n) is 13.6. The molecule has 112 valence electrons. The molecule has 0 saturated heterocycles. The molecule has 2 aromatic carbocycles. The van der Waals surface area contributed by atoms with Crippen LogP contribution in [-0.2, 0) is 5.41 Å². The van der Waals surface area contributed by atoms with E-state index in [1.165, 1.54) is 16.8 Å². The van der Waals surface area contributed by atoms with Gasteiger partial charge in [0.25, 0.3) is 0 Å². The molecule has 4 rings (SSSR count). The molecular formula is C20H21NO.